The van der Waals surface area contributed by atoms with Crippen molar-refractivity contribution in [3.05, 3.63) is 0 Å². The van der Waals surface area contributed by atoms with Gasteiger partial charge in [-0.05, 0) is 18.9 Å². The molecule has 13 heavy (non-hydrogen) atoms. The zero-order valence-electron chi connectivity index (χ0n) is 9.51. The quantitative estimate of drug-likeness (QED) is 0.718. The van der Waals surface area contributed by atoms with Gasteiger partial charge in [0.25, 0.3) is 0 Å². The first kappa shape index (κ1) is 11.0. The molecule has 2 heteroatoms. The van der Waals surface area contributed by atoms with Gasteiger partial charge in [-0.2, -0.15) is 0 Å². The van der Waals surface area contributed by atoms with Gasteiger partial charge in [-0.1, -0.05) is 27.7 Å². The summed E-state index contributed by atoms with van der Waals surface area (Å²) in [6.07, 6.45) is 1.27. The monoisotopic (exact) mass is 184 g/mol. The van der Waals surface area contributed by atoms with Gasteiger partial charge in [0.1, 0.15) is 0 Å². The molecular formula is C11H24N2. The fourth-order valence-electron chi connectivity index (χ4n) is 2.12. The lowest BCUT2D eigenvalue weighted by atomic mass is 9.98. The van der Waals surface area contributed by atoms with Crippen molar-refractivity contribution in [3.63, 3.8) is 0 Å². The summed E-state index contributed by atoms with van der Waals surface area (Å²) >= 11 is 0. The van der Waals surface area contributed by atoms with Crippen LogP contribution in [0.3, 0.4) is 0 Å². The Morgan fingerprint density at radius 1 is 1.38 bits per heavy atom. The SMILES string of the molecule is CCC1CNC(C(C)C)CN1CC. The minimum atomic E-state index is 0.697. The van der Waals surface area contributed by atoms with Crippen LogP contribution in [0.1, 0.15) is 34.1 Å². The molecule has 0 aromatic heterocycles. The van der Waals surface area contributed by atoms with Gasteiger partial charge in [0.2, 0.25) is 0 Å². The topological polar surface area (TPSA) is 15.3 Å². The maximum atomic E-state index is 3.64. The fraction of sp³-hybridized carbons (Fsp3) is 1.00. The second-order valence-corrected chi connectivity index (χ2v) is 4.41. The van der Waals surface area contributed by atoms with E-state index in [2.05, 4.69) is 37.9 Å². The highest BCUT2D eigenvalue weighted by Crippen LogP contribution is 2.14. The highest BCUT2D eigenvalue weighted by Gasteiger charge is 2.26. The van der Waals surface area contributed by atoms with Crippen LogP contribution >= 0.6 is 0 Å². The molecule has 1 fully saturated rings. The van der Waals surface area contributed by atoms with Crippen LogP contribution in [-0.2, 0) is 0 Å². The van der Waals surface area contributed by atoms with Gasteiger partial charge in [-0.3, -0.25) is 4.90 Å². The fourth-order valence-corrected chi connectivity index (χ4v) is 2.12. The predicted molar refractivity (Wildman–Crippen MR) is 58.0 cm³/mol. The van der Waals surface area contributed by atoms with Crippen LogP contribution in [0.15, 0.2) is 0 Å². The first-order chi connectivity index (χ1) is 6.19. The molecule has 2 unspecified atom stereocenters. The predicted octanol–water partition coefficient (Wildman–Crippen LogP) is 1.71. The van der Waals surface area contributed by atoms with E-state index < -0.39 is 0 Å². The third-order valence-electron chi connectivity index (χ3n) is 3.25. The third-order valence-corrected chi connectivity index (χ3v) is 3.25. The van der Waals surface area contributed by atoms with Crippen molar-refractivity contribution in [2.75, 3.05) is 19.6 Å². The maximum Gasteiger partial charge on any atom is 0.0218 e. The summed E-state index contributed by atoms with van der Waals surface area (Å²) in [6, 6.07) is 1.46. The van der Waals surface area contributed by atoms with Crippen molar-refractivity contribution in [1.29, 1.82) is 0 Å². The summed E-state index contributed by atoms with van der Waals surface area (Å²) in [6.45, 7) is 12.8. The van der Waals surface area contributed by atoms with Crippen molar-refractivity contribution in [3.8, 4) is 0 Å². The van der Waals surface area contributed by atoms with E-state index in [1.165, 1.54) is 26.1 Å². The summed E-state index contributed by atoms with van der Waals surface area (Å²) < 4.78 is 0. The molecule has 2 atom stereocenters. The lowest BCUT2D eigenvalue weighted by Gasteiger charge is -2.41. The summed E-state index contributed by atoms with van der Waals surface area (Å²) in [5.74, 6) is 0.756. The second kappa shape index (κ2) is 4.97. The van der Waals surface area contributed by atoms with E-state index in [4.69, 9.17) is 0 Å². The Morgan fingerprint density at radius 3 is 2.54 bits per heavy atom. The molecule has 0 radical (unpaired) electrons. The molecule has 0 amide bonds. The number of hydrogen-bond donors (Lipinski definition) is 1. The Labute approximate surface area is 82.7 Å². The average Bonchev–Trinajstić information content (AvgIpc) is 2.16. The molecule has 2 nitrogen and oxygen atoms in total. The normalized spacial score (nSPS) is 31.2. The molecular weight excluding hydrogens is 160 g/mol. The number of rotatable bonds is 3. The smallest absolute Gasteiger partial charge is 0.0218 e. The molecule has 1 aliphatic rings. The zero-order chi connectivity index (χ0) is 9.84. The van der Waals surface area contributed by atoms with E-state index in [1.54, 1.807) is 0 Å². The minimum Gasteiger partial charge on any atom is -0.311 e. The molecule has 0 spiro atoms. The van der Waals surface area contributed by atoms with Gasteiger partial charge < -0.3 is 5.32 Å². The largest absolute Gasteiger partial charge is 0.311 e. The summed E-state index contributed by atoms with van der Waals surface area (Å²) in [5.41, 5.74) is 0. The molecule has 1 saturated heterocycles. The molecule has 0 aromatic carbocycles. The van der Waals surface area contributed by atoms with Crippen molar-refractivity contribution < 1.29 is 0 Å². The molecule has 1 rings (SSSR count). The summed E-state index contributed by atoms with van der Waals surface area (Å²) in [5, 5.41) is 3.64. The van der Waals surface area contributed by atoms with Crippen LogP contribution in [0.5, 0.6) is 0 Å². The number of nitrogens with one attached hydrogen (secondary N) is 1. The third kappa shape index (κ3) is 2.68. The van der Waals surface area contributed by atoms with E-state index in [1.807, 2.05) is 0 Å². The van der Waals surface area contributed by atoms with Gasteiger partial charge in [0.15, 0.2) is 0 Å². The number of piperazine rings is 1. The highest BCUT2D eigenvalue weighted by molar-refractivity contribution is 4.86. The van der Waals surface area contributed by atoms with E-state index >= 15 is 0 Å². The Balaban J connectivity index is 2.47. The molecule has 0 aliphatic carbocycles. The first-order valence-electron chi connectivity index (χ1n) is 5.66. The summed E-state index contributed by atoms with van der Waals surface area (Å²) in [4.78, 5) is 2.61. The highest BCUT2D eigenvalue weighted by atomic mass is 15.2. The van der Waals surface area contributed by atoms with Gasteiger partial charge >= 0.3 is 0 Å². The Kier molecular flexibility index (Phi) is 4.20. The minimum absolute atomic E-state index is 0.697. The number of nitrogens with zero attached hydrogens (tertiary/aromatic N) is 1. The van der Waals surface area contributed by atoms with E-state index in [0.29, 0.717) is 6.04 Å². The number of hydrogen-bond acceptors (Lipinski definition) is 2. The average molecular weight is 184 g/mol. The molecule has 1 heterocycles. The Bertz CT molecular complexity index is 145. The maximum absolute atomic E-state index is 3.64. The Morgan fingerprint density at radius 2 is 2.08 bits per heavy atom. The molecule has 0 saturated carbocycles. The van der Waals surface area contributed by atoms with Crippen LogP contribution < -0.4 is 5.32 Å². The van der Waals surface area contributed by atoms with Gasteiger partial charge in [0, 0.05) is 25.2 Å². The lowest BCUT2D eigenvalue weighted by Crippen LogP contribution is -2.57. The van der Waals surface area contributed by atoms with Crippen molar-refractivity contribution >= 4 is 0 Å². The molecule has 0 aromatic rings. The molecule has 78 valence electrons. The standard InChI is InChI=1S/C11H24N2/c1-5-10-7-12-11(9(3)4)8-13(10)6-2/h9-12H,5-8H2,1-4H3. The molecule has 0 bridgehead atoms. The van der Waals surface area contributed by atoms with Crippen molar-refractivity contribution in [1.82, 2.24) is 10.2 Å². The summed E-state index contributed by atoms with van der Waals surface area (Å²) in [7, 11) is 0. The number of likely N-dealkylation sites (N-methyl/N-ethyl adjacent to an activating group) is 1. The van der Waals surface area contributed by atoms with Crippen LogP contribution in [0.2, 0.25) is 0 Å². The van der Waals surface area contributed by atoms with Crippen molar-refractivity contribution in [2.24, 2.45) is 5.92 Å². The van der Waals surface area contributed by atoms with Crippen LogP contribution in [0.25, 0.3) is 0 Å². The van der Waals surface area contributed by atoms with E-state index in [-0.39, 0.29) is 0 Å². The van der Waals surface area contributed by atoms with Crippen LogP contribution in [0, 0.1) is 5.92 Å². The van der Waals surface area contributed by atoms with E-state index in [0.717, 1.165) is 12.0 Å². The Hall–Kier alpha value is -0.0800. The van der Waals surface area contributed by atoms with Crippen molar-refractivity contribution in [2.45, 2.75) is 46.2 Å². The second-order valence-electron chi connectivity index (χ2n) is 4.41. The first-order valence-corrected chi connectivity index (χ1v) is 5.66. The van der Waals surface area contributed by atoms with E-state index in [9.17, 15) is 0 Å². The van der Waals surface area contributed by atoms with Crippen LogP contribution in [0.4, 0.5) is 0 Å². The van der Waals surface area contributed by atoms with Crippen LogP contribution in [-0.4, -0.2) is 36.6 Å². The molecule has 1 N–H and O–H groups in total. The van der Waals surface area contributed by atoms with Gasteiger partial charge in [0.05, 0.1) is 0 Å². The van der Waals surface area contributed by atoms with Gasteiger partial charge in [-0.15, -0.1) is 0 Å². The zero-order valence-corrected chi connectivity index (χ0v) is 9.51. The lowest BCUT2D eigenvalue weighted by molar-refractivity contribution is 0.116. The van der Waals surface area contributed by atoms with Gasteiger partial charge in [-0.25, -0.2) is 0 Å². The molecule has 1 aliphatic heterocycles.